The summed E-state index contributed by atoms with van der Waals surface area (Å²) in [6, 6.07) is 20.3. The van der Waals surface area contributed by atoms with Gasteiger partial charge in [0.05, 0.1) is 5.52 Å². The number of benzene rings is 3. The lowest BCUT2D eigenvalue weighted by atomic mass is 9.97. The van der Waals surface area contributed by atoms with Crippen LogP contribution in [0.15, 0.2) is 72.8 Å². The number of nitrogens with one attached hydrogen (secondary N) is 1. The molecule has 0 aliphatic carbocycles. The number of amides is 2. The van der Waals surface area contributed by atoms with Crippen LogP contribution in [0.5, 0.6) is 5.75 Å². The van der Waals surface area contributed by atoms with Gasteiger partial charge in [-0.3, -0.25) is 14.5 Å². The molecule has 0 aliphatic rings. The second-order valence-corrected chi connectivity index (χ2v) is 9.51. The van der Waals surface area contributed by atoms with E-state index in [4.69, 9.17) is 0 Å². The maximum absolute atomic E-state index is 14.0. The van der Waals surface area contributed by atoms with Gasteiger partial charge >= 0.3 is 0 Å². The normalized spacial score (nSPS) is 12.3. The summed E-state index contributed by atoms with van der Waals surface area (Å²) in [7, 11) is 0. The fourth-order valence-corrected chi connectivity index (χ4v) is 4.05. The topological polar surface area (TPSA) is 100 Å². The minimum Gasteiger partial charge on any atom is -0.508 e. The molecule has 0 bridgehead atoms. The minimum atomic E-state index is -0.972. The summed E-state index contributed by atoms with van der Waals surface area (Å²) < 4.78 is 1.55. The Morgan fingerprint density at radius 2 is 1.69 bits per heavy atom. The Balaban J connectivity index is 1.83. The molecule has 0 saturated carbocycles. The number of phenols is 1. The van der Waals surface area contributed by atoms with Gasteiger partial charge in [-0.15, -0.1) is 5.10 Å². The highest BCUT2D eigenvalue weighted by Gasteiger charge is 2.35. The molecule has 2 N–H and O–H groups in total. The van der Waals surface area contributed by atoms with Crippen LogP contribution in [-0.2, 0) is 16.1 Å². The highest BCUT2D eigenvalue weighted by molar-refractivity contribution is 6.02. The number of phenolic OH excluding ortho intramolecular Hbond substituents is 1. The maximum Gasteiger partial charge on any atom is 0.249 e. The summed E-state index contributed by atoms with van der Waals surface area (Å²) in [4.78, 5) is 29.4. The predicted molar refractivity (Wildman–Crippen MR) is 140 cm³/mol. The monoisotopic (exact) mass is 485 g/mol. The highest BCUT2D eigenvalue weighted by atomic mass is 16.3. The van der Waals surface area contributed by atoms with Crippen molar-refractivity contribution in [1.82, 2.24) is 20.3 Å². The van der Waals surface area contributed by atoms with Crippen molar-refractivity contribution in [3.63, 3.8) is 0 Å². The smallest absolute Gasteiger partial charge is 0.249 e. The molecule has 1 unspecified atom stereocenters. The first-order chi connectivity index (χ1) is 17.2. The van der Waals surface area contributed by atoms with Crippen LogP contribution in [0, 0.1) is 6.92 Å². The molecule has 8 nitrogen and oxygen atoms in total. The Kier molecular flexibility index (Phi) is 7.05. The quantitative estimate of drug-likeness (QED) is 0.382. The van der Waals surface area contributed by atoms with Crippen molar-refractivity contribution in [1.29, 1.82) is 0 Å². The highest BCUT2D eigenvalue weighted by Crippen LogP contribution is 2.32. The number of carbonyl (C=O) groups is 2. The average Bonchev–Trinajstić information content (AvgIpc) is 3.26. The molecule has 0 spiro atoms. The van der Waals surface area contributed by atoms with Crippen molar-refractivity contribution < 1.29 is 14.7 Å². The van der Waals surface area contributed by atoms with E-state index in [9.17, 15) is 14.7 Å². The Morgan fingerprint density at radius 3 is 2.39 bits per heavy atom. The first-order valence-electron chi connectivity index (χ1n) is 12.0. The number of anilines is 1. The molecule has 1 aromatic heterocycles. The summed E-state index contributed by atoms with van der Waals surface area (Å²) in [6.07, 6.45) is 0.713. The van der Waals surface area contributed by atoms with Crippen LogP contribution in [0.4, 0.5) is 5.69 Å². The maximum atomic E-state index is 14.0. The van der Waals surface area contributed by atoms with Gasteiger partial charge in [-0.2, -0.15) is 0 Å². The van der Waals surface area contributed by atoms with Gasteiger partial charge in [-0.05, 0) is 68.7 Å². The van der Waals surface area contributed by atoms with Gasteiger partial charge in [0.25, 0.3) is 0 Å². The fraction of sp³-hybridized carbons (Fsp3) is 0.286. The third kappa shape index (κ3) is 5.22. The van der Waals surface area contributed by atoms with Crippen LogP contribution >= 0.6 is 0 Å². The van der Waals surface area contributed by atoms with Crippen LogP contribution in [-0.4, -0.2) is 37.5 Å². The van der Waals surface area contributed by atoms with Crippen molar-refractivity contribution >= 4 is 28.5 Å². The van der Waals surface area contributed by atoms with E-state index in [-0.39, 0.29) is 24.1 Å². The van der Waals surface area contributed by atoms with E-state index in [1.165, 1.54) is 17.0 Å². The van der Waals surface area contributed by atoms with Crippen molar-refractivity contribution in [2.24, 2.45) is 0 Å². The lowest BCUT2D eigenvalue weighted by molar-refractivity contribution is -0.128. The van der Waals surface area contributed by atoms with Crippen molar-refractivity contribution in [2.45, 2.75) is 52.2 Å². The first kappa shape index (κ1) is 24.9. The summed E-state index contributed by atoms with van der Waals surface area (Å²) >= 11 is 0. The van der Waals surface area contributed by atoms with Gasteiger partial charge < -0.3 is 10.4 Å². The molecule has 0 saturated heterocycles. The van der Waals surface area contributed by atoms with Gasteiger partial charge in [0, 0.05) is 11.2 Å². The number of aromatic nitrogens is 3. The number of rotatable bonds is 8. The molecule has 0 radical (unpaired) electrons. The second-order valence-electron chi connectivity index (χ2n) is 9.51. The summed E-state index contributed by atoms with van der Waals surface area (Å²) in [5, 5.41) is 21.3. The number of nitrogens with zero attached hydrogens (tertiary/aromatic N) is 4. The van der Waals surface area contributed by atoms with Crippen LogP contribution in [0.25, 0.3) is 11.0 Å². The third-order valence-corrected chi connectivity index (χ3v) is 6.41. The number of aromatic hydroxyl groups is 1. The zero-order valence-electron chi connectivity index (χ0n) is 21.0. The first-order valence-corrected chi connectivity index (χ1v) is 12.0. The van der Waals surface area contributed by atoms with E-state index in [1.54, 1.807) is 16.8 Å². The Bertz CT molecular complexity index is 1380. The molecule has 3 aromatic carbocycles. The molecular formula is C28H31N5O3. The molecule has 4 aromatic rings. The molecule has 36 heavy (non-hydrogen) atoms. The standard InChI is InChI=1S/C28H31N5O3/c1-5-28(3,4)29-27(36)26(20-14-16-21(34)17-15-20)33(23-12-8-6-10-19(23)2)25(35)18-32-24-13-9-7-11-22(24)30-31-32/h6-17,26,34H,5,18H2,1-4H3,(H,29,36). The Morgan fingerprint density at radius 1 is 1.03 bits per heavy atom. The molecule has 2 amide bonds. The largest absolute Gasteiger partial charge is 0.508 e. The number of fused-ring (bicyclic) bond motifs is 1. The van der Waals surface area contributed by atoms with Crippen LogP contribution in [0.3, 0.4) is 0 Å². The average molecular weight is 486 g/mol. The van der Waals surface area contributed by atoms with Crippen molar-refractivity contribution in [3.05, 3.63) is 83.9 Å². The molecule has 0 fully saturated rings. The van der Waals surface area contributed by atoms with Crippen LogP contribution in [0.2, 0.25) is 0 Å². The van der Waals surface area contributed by atoms with Crippen LogP contribution < -0.4 is 10.2 Å². The van der Waals surface area contributed by atoms with Gasteiger partial charge in [0.1, 0.15) is 23.9 Å². The molecule has 1 atom stereocenters. The second kappa shape index (κ2) is 10.2. The molecule has 0 aliphatic heterocycles. The molecule has 186 valence electrons. The number of hydrogen-bond donors (Lipinski definition) is 2. The summed E-state index contributed by atoms with van der Waals surface area (Å²) in [5.41, 5.74) is 2.99. The zero-order chi connectivity index (χ0) is 25.9. The van der Waals surface area contributed by atoms with Gasteiger partial charge in [0.2, 0.25) is 11.8 Å². The molecule has 4 rings (SSSR count). The number of para-hydroxylation sites is 2. The predicted octanol–water partition coefficient (Wildman–Crippen LogP) is 4.52. The number of carbonyl (C=O) groups excluding carboxylic acids is 2. The van der Waals surface area contributed by atoms with E-state index in [0.717, 1.165) is 11.1 Å². The molecular weight excluding hydrogens is 454 g/mol. The lowest BCUT2D eigenvalue weighted by Crippen LogP contribution is -2.51. The zero-order valence-corrected chi connectivity index (χ0v) is 21.0. The minimum absolute atomic E-state index is 0.0784. The van der Waals surface area contributed by atoms with Crippen molar-refractivity contribution in [2.75, 3.05) is 4.90 Å². The number of hydrogen-bond acceptors (Lipinski definition) is 5. The van der Waals surface area contributed by atoms with Crippen molar-refractivity contribution in [3.8, 4) is 5.75 Å². The van der Waals surface area contributed by atoms with Crippen LogP contribution in [0.1, 0.15) is 44.4 Å². The molecule has 8 heteroatoms. The van der Waals surface area contributed by atoms with E-state index in [1.807, 2.05) is 76.2 Å². The summed E-state index contributed by atoms with van der Waals surface area (Å²) in [5.74, 6) is -0.551. The van der Waals surface area contributed by atoms with E-state index in [0.29, 0.717) is 23.2 Å². The fourth-order valence-electron chi connectivity index (χ4n) is 4.05. The summed E-state index contributed by atoms with van der Waals surface area (Å²) in [6.45, 7) is 7.69. The van der Waals surface area contributed by atoms with Gasteiger partial charge in [-0.25, -0.2) is 4.68 Å². The Labute approximate surface area is 210 Å². The van der Waals surface area contributed by atoms with E-state index < -0.39 is 11.6 Å². The molecule has 1 heterocycles. The van der Waals surface area contributed by atoms with E-state index in [2.05, 4.69) is 15.6 Å². The van der Waals surface area contributed by atoms with E-state index >= 15 is 0 Å². The SMILES string of the molecule is CCC(C)(C)NC(=O)C(c1ccc(O)cc1)N(C(=O)Cn1nnc2ccccc21)c1ccccc1C. The third-order valence-electron chi connectivity index (χ3n) is 6.41. The van der Waals surface area contributed by atoms with Gasteiger partial charge in [-0.1, -0.05) is 54.6 Å². The Hall–Kier alpha value is -4.20. The number of aryl methyl sites for hydroxylation is 1. The lowest BCUT2D eigenvalue weighted by Gasteiger charge is -2.35. The van der Waals surface area contributed by atoms with Gasteiger partial charge in [0.15, 0.2) is 0 Å².